The van der Waals surface area contributed by atoms with Crippen LogP contribution in [0.1, 0.15) is 20.8 Å². The number of rotatable bonds is 0. The zero-order valence-electron chi connectivity index (χ0n) is 8.41. The van der Waals surface area contributed by atoms with Gasteiger partial charge in [0.1, 0.15) is 0 Å². The van der Waals surface area contributed by atoms with Crippen LogP contribution >= 0.6 is 0 Å². The van der Waals surface area contributed by atoms with Crippen molar-refractivity contribution in [1.82, 2.24) is 4.90 Å². The molecule has 1 rings (SSSR count). The monoisotopic (exact) mass is 207 g/mol. The molecule has 0 spiro atoms. The summed E-state index contributed by atoms with van der Waals surface area (Å²) in [5, 5.41) is 0. The lowest BCUT2D eigenvalue weighted by atomic mass is 10.5. The Hall–Kier alpha value is -0.580. The first-order valence-corrected chi connectivity index (χ1v) is 6.29. The van der Waals surface area contributed by atoms with Gasteiger partial charge < -0.3 is 4.90 Å². The minimum atomic E-state index is -2.84. The molecule has 1 heterocycles. The topological polar surface area (TPSA) is 54.5 Å². The molecule has 13 heavy (non-hydrogen) atoms. The first kappa shape index (κ1) is 12.4. The Morgan fingerprint density at radius 3 is 1.85 bits per heavy atom. The fourth-order valence-corrected chi connectivity index (χ4v) is 2.23. The summed E-state index contributed by atoms with van der Waals surface area (Å²) in [4.78, 5) is 12.3. The van der Waals surface area contributed by atoms with Crippen LogP contribution in [0.4, 0.5) is 0 Å². The maximum Gasteiger partial charge on any atom is 0.219 e. The van der Waals surface area contributed by atoms with Crippen LogP contribution in [-0.4, -0.2) is 43.8 Å². The van der Waals surface area contributed by atoms with Crippen molar-refractivity contribution in [3.05, 3.63) is 0 Å². The molecule has 1 amide bonds. The summed E-state index contributed by atoms with van der Waals surface area (Å²) >= 11 is 0. The summed E-state index contributed by atoms with van der Waals surface area (Å²) in [6, 6.07) is 0. The Morgan fingerprint density at radius 2 is 1.54 bits per heavy atom. The average Bonchev–Trinajstić information content (AvgIpc) is 2.07. The summed E-state index contributed by atoms with van der Waals surface area (Å²) in [5.74, 6) is 0.194. The molecule has 78 valence electrons. The van der Waals surface area contributed by atoms with Gasteiger partial charge in [0.2, 0.25) is 5.91 Å². The van der Waals surface area contributed by atoms with E-state index in [0.29, 0.717) is 13.1 Å². The maximum atomic E-state index is 10.9. The van der Waals surface area contributed by atoms with Gasteiger partial charge in [-0.1, -0.05) is 13.8 Å². The Morgan fingerprint density at radius 1 is 1.15 bits per heavy atom. The molecule has 0 aromatic carbocycles. The standard InChI is InChI=1S/C6H11NO3S.C2H6/c1-6(8)7-2-4-11(9,10)5-3-7;1-2/h2-5H2,1H3;1-2H3. The molecule has 0 aromatic rings. The summed E-state index contributed by atoms with van der Waals surface area (Å²) < 4.78 is 21.8. The van der Waals surface area contributed by atoms with Crippen molar-refractivity contribution in [3.8, 4) is 0 Å². The summed E-state index contributed by atoms with van der Waals surface area (Å²) in [7, 11) is -2.84. The van der Waals surface area contributed by atoms with E-state index in [2.05, 4.69) is 0 Å². The number of hydrogen-bond acceptors (Lipinski definition) is 3. The molecule has 5 heteroatoms. The lowest BCUT2D eigenvalue weighted by molar-refractivity contribution is -0.128. The van der Waals surface area contributed by atoms with Crippen LogP contribution in [0.3, 0.4) is 0 Å². The highest BCUT2D eigenvalue weighted by Crippen LogP contribution is 2.02. The average molecular weight is 207 g/mol. The highest BCUT2D eigenvalue weighted by molar-refractivity contribution is 7.91. The third-order valence-electron chi connectivity index (χ3n) is 1.79. The van der Waals surface area contributed by atoms with E-state index in [4.69, 9.17) is 0 Å². The van der Waals surface area contributed by atoms with Crippen LogP contribution in [-0.2, 0) is 14.6 Å². The molecule has 1 aliphatic rings. The van der Waals surface area contributed by atoms with Crippen molar-refractivity contribution in [2.45, 2.75) is 20.8 Å². The van der Waals surface area contributed by atoms with Gasteiger partial charge in [-0.25, -0.2) is 8.42 Å². The molecule has 0 unspecified atom stereocenters. The van der Waals surface area contributed by atoms with E-state index in [0.717, 1.165) is 0 Å². The Balaban J connectivity index is 0.000000671. The van der Waals surface area contributed by atoms with Gasteiger partial charge in [0.25, 0.3) is 0 Å². The minimum absolute atomic E-state index is 0.0418. The molecule has 0 aliphatic carbocycles. The van der Waals surface area contributed by atoms with Gasteiger partial charge >= 0.3 is 0 Å². The third kappa shape index (κ3) is 4.26. The second-order valence-corrected chi connectivity index (χ2v) is 4.96. The molecular weight excluding hydrogens is 190 g/mol. The van der Waals surface area contributed by atoms with E-state index < -0.39 is 9.84 Å². The smallest absolute Gasteiger partial charge is 0.219 e. The quantitative estimate of drug-likeness (QED) is 0.573. The molecule has 0 bridgehead atoms. The van der Waals surface area contributed by atoms with Gasteiger partial charge in [-0.15, -0.1) is 0 Å². The number of amides is 1. The molecule has 4 nitrogen and oxygen atoms in total. The van der Waals surface area contributed by atoms with Crippen LogP contribution in [0.15, 0.2) is 0 Å². The highest BCUT2D eigenvalue weighted by Gasteiger charge is 2.22. The second-order valence-electron chi connectivity index (χ2n) is 2.66. The first-order valence-electron chi connectivity index (χ1n) is 4.47. The van der Waals surface area contributed by atoms with Gasteiger partial charge in [-0.2, -0.15) is 0 Å². The molecular formula is C8H17NO3S. The normalized spacial score (nSPS) is 20.1. The predicted molar refractivity (Wildman–Crippen MR) is 52.3 cm³/mol. The fourth-order valence-electron chi connectivity index (χ4n) is 1.03. The third-order valence-corrected chi connectivity index (χ3v) is 3.40. The van der Waals surface area contributed by atoms with E-state index in [-0.39, 0.29) is 17.4 Å². The number of carbonyl (C=O) groups is 1. The van der Waals surface area contributed by atoms with Gasteiger partial charge in [0.15, 0.2) is 9.84 Å². The largest absolute Gasteiger partial charge is 0.341 e. The first-order chi connectivity index (χ1) is 6.01. The second kappa shape index (κ2) is 5.21. The van der Waals surface area contributed by atoms with Crippen molar-refractivity contribution in [3.63, 3.8) is 0 Å². The molecule has 0 aromatic heterocycles. The van der Waals surface area contributed by atoms with Crippen molar-refractivity contribution < 1.29 is 13.2 Å². The minimum Gasteiger partial charge on any atom is -0.341 e. The molecule has 1 fully saturated rings. The van der Waals surface area contributed by atoms with E-state index in [1.165, 1.54) is 6.92 Å². The summed E-state index contributed by atoms with van der Waals surface area (Å²) in [6.45, 7) is 6.17. The predicted octanol–water partition coefficient (Wildman–Crippen LogP) is 0.290. The van der Waals surface area contributed by atoms with Gasteiger partial charge in [0.05, 0.1) is 11.5 Å². The van der Waals surface area contributed by atoms with Crippen LogP contribution in [0.2, 0.25) is 0 Å². The molecule has 0 N–H and O–H groups in total. The van der Waals surface area contributed by atoms with Crippen LogP contribution in [0.5, 0.6) is 0 Å². The highest BCUT2D eigenvalue weighted by atomic mass is 32.2. The van der Waals surface area contributed by atoms with Crippen LogP contribution in [0, 0.1) is 0 Å². The number of carbonyl (C=O) groups excluding carboxylic acids is 1. The van der Waals surface area contributed by atoms with Gasteiger partial charge in [-0.3, -0.25) is 4.79 Å². The van der Waals surface area contributed by atoms with E-state index >= 15 is 0 Å². The maximum absolute atomic E-state index is 10.9. The van der Waals surface area contributed by atoms with Crippen molar-refractivity contribution >= 4 is 15.7 Å². The lowest BCUT2D eigenvalue weighted by Gasteiger charge is -2.25. The van der Waals surface area contributed by atoms with E-state index in [1.807, 2.05) is 13.8 Å². The van der Waals surface area contributed by atoms with E-state index in [1.54, 1.807) is 4.90 Å². The lowest BCUT2D eigenvalue weighted by Crippen LogP contribution is -2.42. The van der Waals surface area contributed by atoms with Crippen molar-refractivity contribution in [2.24, 2.45) is 0 Å². The Kier molecular flexibility index (Phi) is 4.98. The SMILES string of the molecule is CC.CC(=O)N1CCS(=O)(=O)CC1. The van der Waals surface area contributed by atoms with Crippen molar-refractivity contribution in [2.75, 3.05) is 24.6 Å². The molecule has 1 saturated heterocycles. The molecule has 1 aliphatic heterocycles. The number of hydrogen-bond donors (Lipinski definition) is 0. The van der Waals surface area contributed by atoms with Gasteiger partial charge in [0, 0.05) is 20.0 Å². The fraction of sp³-hybridized carbons (Fsp3) is 0.875. The number of sulfone groups is 1. The Bertz CT molecular complexity index is 245. The molecule has 0 radical (unpaired) electrons. The zero-order valence-corrected chi connectivity index (χ0v) is 9.23. The number of nitrogens with zero attached hydrogens (tertiary/aromatic N) is 1. The van der Waals surface area contributed by atoms with Crippen LogP contribution < -0.4 is 0 Å². The van der Waals surface area contributed by atoms with Crippen molar-refractivity contribution in [1.29, 1.82) is 0 Å². The molecule has 0 saturated carbocycles. The zero-order chi connectivity index (χ0) is 10.5. The Labute approximate surface area is 79.8 Å². The van der Waals surface area contributed by atoms with Gasteiger partial charge in [-0.05, 0) is 0 Å². The summed E-state index contributed by atoms with van der Waals surface area (Å²) in [5.41, 5.74) is 0. The molecule has 0 atom stereocenters. The van der Waals surface area contributed by atoms with E-state index in [9.17, 15) is 13.2 Å². The summed E-state index contributed by atoms with van der Waals surface area (Å²) in [6.07, 6.45) is 0. The van der Waals surface area contributed by atoms with Crippen LogP contribution in [0.25, 0.3) is 0 Å².